The Kier molecular flexibility index (Phi) is 91.3. The van der Waals surface area contributed by atoms with Crippen LogP contribution >= 0.6 is 0 Å². The highest BCUT2D eigenvalue weighted by Gasteiger charge is 2.17. The van der Waals surface area contributed by atoms with Crippen molar-refractivity contribution in [2.45, 2.75) is 443 Å². The maximum Gasteiger partial charge on any atom is 0.0598 e. The van der Waals surface area contributed by atoms with Gasteiger partial charge >= 0.3 is 0 Å². The van der Waals surface area contributed by atoms with Crippen molar-refractivity contribution < 1.29 is 18.9 Å². The summed E-state index contributed by atoms with van der Waals surface area (Å²) in [5, 5.41) is 0. The zero-order valence-electron chi connectivity index (χ0n) is 79.7. The monoisotopic (exact) mass is 1400 g/mol. The Labute approximate surface area is 628 Å². The molecule has 0 saturated carbocycles. The second kappa shape index (κ2) is 69.4. The van der Waals surface area contributed by atoms with Gasteiger partial charge in [0.1, 0.15) is 0 Å². The van der Waals surface area contributed by atoms with Crippen molar-refractivity contribution in [3.63, 3.8) is 0 Å². The summed E-state index contributed by atoms with van der Waals surface area (Å²) in [4.78, 5) is 12.8. The molecule has 0 bridgehead atoms. The first kappa shape index (κ1) is 129. The summed E-state index contributed by atoms with van der Waals surface area (Å²) in [7, 11) is 0. The fraction of sp³-hybridized carbons (Fsp3) is 0.901. The van der Waals surface area contributed by atoms with E-state index in [1.807, 2.05) is 134 Å². The summed E-state index contributed by atoms with van der Waals surface area (Å²) in [6.45, 7) is 125. The molecule has 0 heterocycles. The maximum absolute atomic E-state index is 5.62. The van der Waals surface area contributed by atoms with Crippen molar-refractivity contribution in [1.82, 2.24) is 0 Å². The van der Waals surface area contributed by atoms with Crippen molar-refractivity contribution in [3.05, 3.63) is 36.7 Å². The van der Waals surface area contributed by atoms with E-state index >= 15 is 0 Å². The summed E-state index contributed by atoms with van der Waals surface area (Å²) in [5.41, 5.74) is 3.48. The van der Waals surface area contributed by atoms with Gasteiger partial charge in [-0.05, 0) is 166 Å². The summed E-state index contributed by atoms with van der Waals surface area (Å²) in [6, 6.07) is 0. The van der Waals surface area contributed by atoms with Gasteiger partial charge in [-0.15, -0.1) is 0 Å². The van der Waals surface area contributed by atoms with Gasteiger partial charge in [0, 0.05) is 57.5 Å². The van der Waals surface area contributed by atoms with Crippen LogP contribution in [0.25, 0.3) is 0 Å². The summed E-state index contributed by atoms with van der Waals surface area (Å²) in [6.07, 6.45) is 25.1. The lowest BCUT2D eigenvalue weighted by Crippen LogP contribution is -2.20. The van der Waals surface area contributed by atoms with Crippen molar-refractivity contribution >= 4 is 18.6 Å². The largest absolute Gasteiger partial charge is 0.381 e. The molecule has 0 radical (unpaired) electrons. The Morgan fingerprint density at radius 1 is 0.255 bits per heavy atom. The first-order valence-electron chi connectivity index (χ1n) is 39.6. The minimum Gasteiger partial charge on any atom is -0.381 e. The molecule has 0 aliphatic carbocycles. The third kappa shape index (κ3) is 218. The Morgan fingerprint density at radius 2 is 0.480 bits per heavy atom. The summed E-state index contributed by atoms with van der Waals surface area (Å²) in [5.74, 6) is 0. The van der Waals surface area contributed by atoms with Crippen LogP contribution in [0.4, 0.5) is 0 Å². The molecule has 0 aliphatic heterocycles. The molecule has 0 aliphatic rings. The molecule has 0 atom stereocenters. The van der Waals surface area contributed by atoms with Crippen LogP contribution in [0, 0.1) is 59.6 Å². The van der Waals surface area contributed by atoms with Gasteiger partial charge < -0.3 is 18.9 Å². The van der Waals surface area contributed by atoms with Crippen LogP contribution in [0.3, 0.4) is 0 Å². The highest BCUT2D eigenvalue weighted by Crippen LogP contribution is 2.24. The van der Waals surface area contributed by atoms with E-state index in [9.17, 15) is 0 Å². The highest BCUT2D eigenvalue weighted by atomic mass is 16.5. The molecular formula is C91H201N3O4. The first-order valence-corrected chi connectivity index (χ1v) is 39.6. The molecule has 0 rings (SSSR count). The SMILES string of the molecule is CC.CC.CC.CC.CC.CC.CC.CC(C)(C)/C=C\C=NC(C)(C)C.CC(C)(C)C=N/C=C\C(C)(C)C.CC(C)(C)C=N/C=C\C(C)(C)C.CC(C)(C)CCCOC(C)(C)C.CC(C)(C)CCCOC(C)(C)C.CC(C)(C)CCOCC(C)(C)C.CC(C)(C)CCOCC(C)(C)C. The minimum absolute atomic E-state index is 0.0257. The molecule has 0 N–H and O–H groups in total. The molecule has 0 aromatic heterocycles. The van der Waals surface area contributed by atoms with Gasteiger partial charge in [-0.2, -0.15) is 0 Å². The van der Waals surface area contributed by atoms with E-state index in [0.29, 0.717) is 32.5 Å². The van der Waals surface area contributed by atoms with Gasteiger partial charge in [-0.3, -0.25) is 15.0 Å². The average molecular weight is 1400 g/mol. The van der Waals surface area contributed by atoms with Crippen LogP contribution in [-0.2, 0) is 18.9 Å². The molecule has 7 nitrogen and oxygen atoms in total. The van der Waals surface area contributed by atoms with Crippen LogP contribution in [0.2, 0.25) is 0 Å². The third-order valence-corrected chi connectivity index (χ3v) is 9.66. The van der Waals surface area contributed by atoms with Crippen molar-refractivity contribution in [3.8, 4) is 0 Å². The molecule has 604 valence electrons. The Balaban J connectivity index is -0.0000000678. The van der Waals surface area contributed by atoms with Gasteiger partial charge in [0.2, 0.25) is 0 Å². The van der Waals surface area contributed by atoms with Crippen LogP contribution < -0.4 is 0 Å². The average Bonchev–Trinajstić information content (AvgIpc) is 1.25. The smallest absolute Gasteiger partial charge is 0.0598 e. The molecular weight excluding hydrogens is 1200 g/mol. The maximum atomic E-state index is 5.62. The predicted molar refractivity (Wildman–Crippen MR) is 467 cm³/mol. The number of allylic oxidation sites excluding steroid dienone is 4. The van der Waals surface area contributed by atoms with E-state index in [-0.39, 0.29) is 43.8 Å². The van der Waals surface area contributed by atoms with Crippen LogP contribution in [0.15, 0.2) is 51.7 Å². The van der Waals surface area contributed by atoms with E-state index in [2.05, 4.69) is 324 Å². The molecule has 7 heteroatoms. The van der Waals surface area contributed by atoms with Gasteiger partial charge in [-0.25, -0.2) is 0 Å². The lowest BCUT2D eigenvalue weighted by Gasteiger charge is -2.22. The zero-order chi connectivity index (χ0) is 82.8. The summed E-state index contributed by atoms with van der Waals surface area (Å²) >= 11 is 0. The fourth-order valence-electron chi connectivity index (χ4n) is 5.14. The topological polar surface area (TPSA) is 74.0 Å². The Hall–Kier alpha value is -1.93. The van der Waals surface area contributed by atoms with Gasteiger partial charge in [0.15, 0.2) is 0 Å². The fourth-order valence-corrected chi connectivity index (χ4v) is 5.14. The van der Waals surface area contributed by atoms with Gasteiger partial charge in [0.25, 0.3) is 0 Å². The van der Waals surface area contributed by atoms with E-state index in [1.54, 1.807) is 0 Å². The number of aliphatic imine (C=N–C) groups is 3. The number of ether oxygens (including phenoxy) is 4. The molecule has 0 unspecified atom stereocenters. The molecule has 0 aromatic carbocycles. The zero-order valence-corrected chi connectivity index (χ0v) is 79.7. The number of hydrogen-bond acceptors (Lipinski definition) is 7. The van der Waals surface area contributed by atoms with Crippen LogP contribution in [-0.4, -0.2) is 75.0 Å². The van der Waals surface area contributed by atoms with E-state index in [1.165, 1.54) is 25.7 Å². The number of nitrogens with zero attached hydrogens (tertiary/aromatic N) is 3. The molecule has 98 heavy (non-hydrogen) atoms. The van der Waals surface area contributed by atoms with Crippen LogP contribution in [0.1, 0.15) is 426 Å². The van der Waals surface area contributed by atoms with E-state index in [0.717, 1.165) is 52.5 Å². The van der Waals surface area contributed by atoms with Gasteiger partial charge in [-0.1, -0.05) is 344 Å². The number of rotatable bonds is 15. The van der Waals surface area contributed by atoms with Gasteiger partial charge in [0.05, 0.1) is 30.0 Å². The van der Waals surface area contributed by atoms with E-state index in [4.69, 9.17) is 18.9 Å². The molecule has 0 fully saturated rings. The molecule has 0 aromatic rings. The van der Waals surface area contributed by atoms with E-state index < -0.39 is 0 Å². The first-order chi connectivity index (χ1) is 43.4. The van der Waals surface area contributed by atoms with Crippen molar-refractivity contribution in [1.29, 1.82) is 0 Å². The second-order valence-corrected chi connectivity index (χ2v) is 38.9. The molecule has 0 amide bonds. The quantitative estimate of drug-likeness (QED) is 0.121. The lowest BCUT2D eigenvalue weighted by molar-refractivity contribution is -0.00750. The van der Waals surface area contributed by atoms with Crippen molar-refractivity contribution in [2.24, 2.45) is 74.5 Å². The Bertz CT molecular complexity index is 1350. The third-order valence-electron chi connectivity index (χ3n) is 9.66. The van der Waals surface area contributed by atoms with Crippen LogP contribution in [0.5, 0.6) is 0 Å². The second-order valence-electron chi connectivity index (χ2n) is 38.9. The normalized spacial score (nSPS) is 12.5. The predicted octanol–water partition coefficient (Wildman–Crippen LogP) is 32.2. The van der Waals surface area contributed by atoms with Crippen molar-refractivity contribution in [2.75, 3.05) is 39.6 Å². The summed E-state index contributed by atoms with van der Waals surface area (Å²) < 4.78 is 22.4. The molecule has 0 spiro atoms. The minimum atomic E-state index is 0.0257. The lowest BCUT2D eigenvalue weighted by atomic mass is 9.91. The molecule has 0 saturated heterocycles. The highest BCUT2D eigenvalue weighted by molar-refractivity contribution is 5.71. The Morgan fingerprint density at radius 3 is 0.643 bits per heavy atom. The number of hydrogen-bond donors (Lipinski definition) is 0. The standard InChI is InChI=1S/3C11H21N.4C11H24O.7C2H6/c2*1-10(2,3)7-8-12-9-11(4,5)6;1-10(2,3)8-7-9-12-11(4,5)6;2*1-10(2,3)7-8-12-9-11(4,5)6;2*1-10(2,3)8-7-9-12-11(4,5)6;7*1-2/h3*7-9H,1-6H3;4*7-9H2,1-6H3;7*1-2H3/b3*8-7-,12-9?;;;;;;;;;;;.